The molecule has 0 saturated heterocycles. The molecule has 0 radical (unpaired) electrons. The second-order valence-electron chi connectivity index (χ2n) is 6.86. The Hall–Kier alpha value is -2.90. The number of hydrogen-bond acceptors (Lipinski definition) is 7. The van der Waals surface area contributed by atoms with Gasteiger partial charge in [-0.15, -0.1) is 23.1 Å². The number of rotatable bonds is 6. The first kappa shape index (κ1) is 20.4. The molecule has 0 aliphatic rings. The Kier molecular flexibility index (Phi) is 6.01. The molecule has 0 fully saturated rings. The van der Waals surface area contributed by atoms with Crippen molar-refractivity contribution in [2.75, 3.05) is 0 Å². The first-order valence-corrected chi connectivity index (χ1v) is 11.2. The normalized spacial score (nSPS) is 11.0. The molecule has 152 valence electrons. The molecule has 0 saturated carbocycles. The van der Waals surface area contributed by atoms with Gasteiger partial charge in [0.1, 0.15) is 12.2 Å². The van der Waals surface area contributed by atoms with E-state index in [0.717, 1.165) is 27.1 Å². The smallest absolute Gasteiger partial charge is 0.339 e. The standard InChI is InChI=1S/C23H19NO4S2/c1-14-7-19-16(9-22(25)28-20(19)8-15(14)2)10-27-23(26)18-5-3-4-6-21(18)30-12-17-11-29-13-24-17/h3-9,11,13H,10,12H2,1-2H3. The number of benzene rings is 2. The van der Waals surface area contributed by atoms with Gasteiger partial charge in [0.25, 0.3) is 0 Å². The molecular formula is C23H19NO4S2. The van der Waals surface area contributed by atoms with E-state index in [1.165, 1.54) is 6.07 Å². The van der Waals surface area contributed by atoms with E-state index in [4.69, 9.17) is 9.15 Å². The molecule has 5 nitrogen and oxygen atoms in total. The summed E-state index contributed by atoms with van der Waals surface area (Å²) in [6, 6.07) is 12.5. The first-order valence-electron chi connectivity index (χ1n) is 9.31. The van der Waals surface area contributed by atoms with Crippen LogP contribution >= 0.6 is 23.1 Å². The summed E-state index contributed by atoms with van der Waals surface area (Å²) in [5, 5.41) is 2.76. The molecule has 0 bridgehead atoms. The zero-order valence-corrected chi connectivity index (χ0v) is 18.1. The van der Waals surface area contributed by atoms with Gasteiger partial charge in [0.2, 0.25) is 0 Å². The highest BCUT2D eigenvalue weighted by Crippen LogP contribution is 2.27. The van der Waals surface area contributed by atoms with Gasteiger partial charge in [-0.2, -0.15) is 0 Å². The number of ether oxygens (including phenoxy) is 1. The number of carbonyl (C=O) groups is 1. The van der Waals surface area contributed by atoms with E-state index < -0.39 is 11.6 Å². The Balaban J connectivity index is 1.54. The monoisotopic (exact) mass is 437 g/mol. The number of hydrogen-bond donors (Lipinski definition) is 0. The van der Waals surface area contributed by atoms with Gasteiger partial charge in [-0.1, -0.05) is 12.1 Å². The van der Waals surface area contributed by atoms with E-state index in [9.17, 15) is 9.59 Å². The summed E-state index contributed by atoms with van der Waals surface area (Å²) in [7, 11) is 0. The van der Waals surface area contributed by atoms with Gasteiger partial charge in [0, 0.05) is 33.0 Å². The van der Waals surface area contributed by atoms with Crippen molar-refractivity contribution in [1.82, 2.24) is 4.98 Å². The van der Waals surface area contributed by atoms with Crippen molar-refractivity contribution in [3.63, 3.8) is 0 Å². The third kappa shape index (κ3) is 4.47. The molecule has 2 heterocycles. The second-order valence-corrected chi connectivity index (χ2v) is 8.60. The summed E-state index contributed by atoms with van der Waals surface area (Å²) in [6.07, 6.45) is 0. The molecule has 0 aliphatic carbocycles. The van der Waals surface area contributed by atoms with Crippen molar-refractivity contribution >= 4 is 40.0 Å². The second kappa shape index (κ2) is 8.85. The number of nitrogens with zero attached hydrogens (tertiary/aromatic N) is 1. The maximum atomic E-state index is 12.8. The number of aryl methyl sites for hydroxylation is 2. The van der Waals surface area contributed by atoms with Crippen LogP contribution in [-0.4, -0.2) is 11.0 Å². The molecule has 4 rings (SSSR count). The van der Waals surface area contributed by atoms with E-state index in [1.54, 1.807) is 34.7 Å². The van der Waals surface area contributed by atoms with Crippen LogP contribution in [0.25, 0.3) is 11.0 Å². The maximum absolute atomic E-state index is 12.8. The van der Waals surface area contributed by atoms with Crippen molar-refractivity contribution in [3.8, 4) is 0 Å². The van der Waals surface area contributed by atoms with Crippen LogP contribution in [-0.2, 0) is 17.1 Å². The minimum Gasteiger partial charge on any atom is -0.457 e. The summed E-state index contributed by atoms with van der Waals surface area (Å²) in [4.78, 5) is 29.9. The molecule has 30 heavy (non-hydrogen) atoms. The molecule has 2 aromatic heterocycles. The van der Waals surface area contributed by atoms with Crippen LogP contribution in [0, 0.1) is 13.8 Å². The summed E-state index contributed by atoms with van der Waals surface area (Å²) >= 11 is 3.09. The van der Waals surface area contributed by atoms with E-state index in [2.05, 4.69) is 4.98 Å². The zero-order valence-electron chi connectivity index (χ0n) is 16.5. The number of thiazole rings is 1. The topological polar surface area (TPSA) is 69.4 Å². The lowest BCUT2D eigenvalue weighted by molar-refractivity contribution is 0.0469. The lowest BCUT2D eigenvalue weighted by atomic mass is 10.0. The number of fused-ring (bicyclic) bond motifs is 1. The van der Waals surface area contributed by atoms with Crippen LogP contribution in [0.1, 0.15) is 32.7 Å². The summed E-state index contributed by atoms with van der Waals surface area (Å²) in [5.41, 5.74) is 6.04. The van der Waals surface area contributed by atoms with Crippen LogP contribution in [0.2, 0.25) is 0 Å². The summed E-state index contributed by atoms with van der Waals surface area (Å²) < 4.78 is 10.9. The van der Waals surface area contributed by atoms with Crippen LogP contribution in [0.5, 0.6) is 0 Å². The molecule has 0 atom stereocenters. The van der Waals surface area contributed by atoms with Crippen LogP contribution in [0.4, 0.5) is 0 Å². The number of carbonyl (C=O) groups excluding carboxylic acids is 1. The van der Waals surface area contributed by atoms with Gasteiger partial charge in [0.15, 0.2) is 0 Å². The van der Waals surface area contributed by atoms with E-state index in [0.29, 0.717) is 22.5 Å². The minimum atomic E-state index is -0.462. The predicted molar refractivity (Wildman–Crippen MR) is 119 cm³/mol. The maximum Gasteiger partial charge on any atom is 0.339 e. The Labute approximate surface area is 181 Å². The van der Waals surface area contributed by atoms with Gasteiger partial charge >= 0.3 is 11.6 Å². The van der Waals surface area contributed by atoms with Crippen LogP contribution in [0.15, 0.2) is 67.5 Å². The van der Waals surface area contributed by atoms with Crippen molar-refractivity contribution in [1.29, 1.82) is 0 Å². The van der Waals surface area contributed by atoms with Crippen molar-refractivity contribution in [2.45, 2.75) is 31.1 Å². The molecule has 0 aliphatic heterocycles. The molecule has 4 aromatic rings. The van der Waals surface area contributed by atoms with Gasteiger partial charge in [-0.25, -0.2) is 14.6 Å². The number of esters is 1. The van der Waals surface area contributed by atoms with Crippen LogP contribution < -0.4 is 5.63 Å². The fourth-order valence-electron chi connectivity index (χ4n) is 3.05. The Morgan fingerprint density at radius 3 is 2.77 bits per heavy atom. The molecule has 0 N–H and O–H groups in total. The van der Waals surface area contributed by atoms with Crippen LogP contribution in [0.3, 0.4) is 0 Å². The van der Waals surface area contributed by atoms with E-state index in [-0.39, 0.29) is 6.61 Å². The highest BCUT2D eigenvalue weighted by molar-refractivity contribution is 7.98. The van der Waals surface area contributed by atoms with Crippen molar-refractivity contribution in [2.24, 2.45) is 0 Å². The Morgan fingerprint density at radius 2 is 1.97 bits per heavy atom. The Bertz CT molecular complexity index is 1260. The predicted octanol–water partition coefficient (Wildman–Crippen LogP) is 5.52. The highest BCUT2D eigenvalue weighted by atomic mass is 32.2. The first-order chi connectivity index (χ1) is 14.5. The molecular weight excluding hydrogens is 418 g/mol. The lowest BCUT2D eigenvalue weighted by Crippen LogP contribution is -2.09. The molecule has 0 amide bonds. The van der Waals surface area contributed by atoms with E-state index in [1.807, 2.05) is 49.6 Å². The largest absolute Gasteiger partial charge is 0.457 e. The quantitative estimate of drug-likeness (QED) is 0.225. The number of thioether (sulfide) groups is 1. The van der Waals surface area contributed by atoms with Crippen molar-refractivity contribution in [3.05, 3.63) is 91.7 Å². The SMILES string of the molecule is Cc1cc2oc(=O)cc(COC(=O)c3ccccc3SCc3cscn3)c2cc1C. The zero-order chi connectivity index (χ0) is 21.1. The summed E-state index contributed by atoms with van der Waals surface area (Å²) in [5.74, 6) is 0.248. The number of aromatic nitrogens is 1. The van der Waals surface area contributed by atoms with E-state index >= 15 is 0 Å². The average molecular weight is 438 g/mol. The van der Waals surface area contributed by atoms with Gasteiger partial charge < -0.3 is 9.15 Å². The Morgan fingerprint density at radius 1 is 1.17 bits per heavy atom. The highest BCUT2D eigenvalue weighted by Gasteiger charge is 2.15. The molecule has 0 unspecified atom stereocenters. The molecule has 0 spiro atoms. The van der Waals surface area contributed by atoms with Gasteiger partial charge in [-0.3, -0.25) is 0 Å². The van der Waals surface area contributed by atoms with Crippen molar-refractivity contribution < 1.29 is 13.9 Å². The minimum absolute atomic E-state index is 0.00544. The average Bonchev–Trinajstić information content (AvgIpc) is 3.25. The summed E-state index contributed by atoms with van der Waals surface area (Å²) in [6.45, 7) is 3.95. The van der Waals surface area contributed by atoms with Gasteiger partial charge in [0.05, 0.1) is 16.8 Å². The third-order valence-corrected chi connectivity index (χ3v) is 6.51. The fourth-order valence-corrected chi connectivity index (χ4v) is 4.65. The third-order valence-electron chi connectivity index (χ3n) is 4.77. The molecule has 7 heteroatoms. The molecule has 2 aromatic carbocycles. The van der Waals surface area contributed by atoms with Gasteiger partial charge in [-0.05, 0) is 49.2 Å². The lowest BCUT2D eigenvalue weighted by Gasteiger charge is -2.11. The fraction of sp³-hybridized carbons (Fsp3) is 0.174.